The maximum atomic E-state index is 6.06. The average molecular weight is 416 g/mol. The van der Waals surface area contributed by atoms with E-state index in [9.17, 15) is 0 Å². The van der Waals surface area contributed by atoms with Crippen molar-refractivity contribution in [2.24, 2.45) is 16.6 Å². The molecular formula is C16H25IN4O. The second kappa shape index (κ2) is 8.01. The van der Waals surface area contributed by atoms with Crippen LogP contribution in [0.25, 0.3) is 0 Å². The zero-order valence-corrected chi connectivity index (χ0v) is 15.3. The number of halogens is 1. The molecule has 5 nitrogen and oxygen atoms in total. The van der Waals surface area contributed by atoms with Crippen molar-refractivity contribution >= 4 is 29.9 Å². The standard InChI is InChI=1S/C16H24N4O.HI/c1-20-8-6-12(11-20)10-18-16(17)19-14-7-9-21-15-5-3-2-4-13(14)15;/h2-5,12,14H,6-11H2,1H3,(H3,17,18,19);1H. The highest BCUT2D eigenvalue weighted by molar-refractivity contribution is 14.0. The van der Waals surface area contributed by atoms with Gasteiger partial charge >= 0.3 is 0 Å². The normalized spacial score (nSPS) is 25.0. The first-order valence-electron chi connectivity index (χ1n) is 7.69. The molecule has 0 amide bonds. The minimum atomic E-state index is 0. The van der Waals surface area contributed by atoms with Crippen molar-refractivity contribution in [2.75, 3.05) is 33.3 Å². The molecule has 2 aliphatic rings. The van der Waals surface area contributed by atoms with Gasteiger partial charge in [0.15, 0.2) is 5.96 Å². The molecular weight excluding hydrogens is 391 g/mol. The van der Waals surface area contributed by atoms with Gasteiger partial charge in [-0.1, -0.05) is 18.2 Å². The summed E-state index contributed by atoms with van der Waals surface area (Å²) in [6.45, 7) is 3.82. The van der Waals surface area contributed by atoms with E-state index in [1.54, 1.807) is 0 Å². The van der Waals surface area contributed by atoms with Crippen LogP contribution in [0.15, 0.2) is 29.3 Å². The SMILES string of the molecule is CN1CCC(CN=C(N)NC2CCOc3ccccc32)C1.I. The number of nitrogens with one attached hydrogen (secondary N) is 1. The Bertz CT molecular complexity index is 523. The summed E-state index contributed by atoms with van der Waals surface area (Å²) in [7, 11) is 2.16. The summed E-state index contributed by atoms with van der Waals surface area (Å²) in [4.78, 5) is 6.87. The molecule has 122 valence electrons. The minimum absolute atomic E-state index is 0. The summed E-state index contributed by atoms with van der Waals surface area (Å²) < 4.78 is 5.66. The second-order valence-electron chi connectivity index (χ2n) is 6.01. The van der Waals surface area contributed by atoms with E-state index in [0.717, 1.165) is 31.9 Å². The number of benzene rings is 1. The highest BCUT2D eigenvalue weighted by Crippen LogP contribution is 2.31. The quantitative estimate of drug-likeness (QED) is 0.450. The Balaban J connectivity index is 0.00000176. The van der Waals surface area contributed by atoms with E-state index in [0.29, 0.717) is 11.9 Å². The Hall–Kier alpha value is -1.02. The highest BCUT2D eigenvalue weighted by atomic mass is 127. The molecule has 1 aromatic rings. The van der Waals surface area contributed by atoms with Gasteiger partial charge < -0.3 is 20.7 Å². The molecule has 0 bridgehead atoms. The molecule has 0 saturated carbocycles. The topological polar surface area (TPSA) is 62.9 Å². The third-order valence-corrected chi connectivity index (χ3v) is 4.29. The van der Waals surface area contributed by atoms with E-state index in [4.69, 9.17) is 10.5 Å². The molecule has 0 spiro atoms. The lowest BCUT2D eigenvalue weighted by Crippen LogP contribution is -2.37. The van der Waals surface area contributed by atoms with Gasteiger partial charge in [0.1, 0.15) is 5.75 Å². The van der Waals surface area contributed by atoms with Gasteiger partial charge in [-0.3, -0.25) is 4.99 Å². The number of hydrogen-bond donors (Lipinski definition) is 2. The highest BCUT2D eigenvalue weighted by Gasteiger charge is 2.22. The fraction of sp³-hybridized carbons (Fsp3) is 0.562. The van der Waals surface area contributed by atoms with Crippen LogP contribution in [-0.4, -0.2) is 44.1 Å². The van der Waals surface area contributed by atoms with Crippen molar-refractivity contribution in [3.8, 4) is 5.75 Å². The largest absolute Gasteiger partial charge is 0.493 e. The van der Waals surface area contributed by atoms with E-state index in [2.05, 4.69) is 28.3 Å². The fourth-order valence-corrected chi connectivity index (χ4v) is 3.12. The van der Waals surface area contributed by atoms with Crippen molar-refractivity contribution in [3.05, 3.63) is 29.8 Å². The van der Waals surface area contributed by atoms with Crippen LogP contribution in [0.4, 0.5) is 0 Å². The number of rotatable bonds is 3. The van der Waals surface area contributed by atoms with Crippen molar-refractivity contribution in [2.45, 2.75) is 18.9 Å². The number of fused-ring (bicyclic) bond motifs is 1. The molecule has 2 aliphatic heterocycles. The van der Waals surface area contributed by atoms with E-state index < -0.39 is 0 Å². The predicted octanol–water partition coefficient (Wildman–Crippen LogP) is 1.98. The summed E-state index contributed by atoms with van der Waals surface area (Å²) in [5.74, 6) is 2.13. The first-order valence-corrected chi connectivity index (χ1v) is 7.69. The van der Waals surface area contributed by atoms with Crippen molar-refractivity contribution in [1.82, 2.24) is 10.2 Å². The van der Waals surface area contributed by atoms with Crippen LogP contribution in [-0.2, 0) is 0 Å². The summed E-state index contributed by atoms with van der Waals surface area (Å²) in [5, 5.41) is 3.34. The number of nitrogens with zero attached hydrogens (tertiary/aromatic N) is 2. The summed E-state index contributed by atoms with van der Waals surface area (Å²) >= 11 is 0. The molecule has 1 fully saturated rings. The van der Waals surface area contributed by atoms with Crippen LogP contribution in [0.5, 0.6) is 5.75 Å². The minimum Gasteiger partial charge on any atom is -0.493 e. The number of aliphatic imine (C=N–C) groups is 1. The molecule has 0 aromatic heterocycles. The maximum Gasteiger partial charge on any atom is 0.189 e. The molecule has 0 aliphatic carbocycles. The van der Waals surface area contributed by atoms with Gasteiger partial charge in [0.05, 0.1) is 12.6 Å². The lowest BCUT2D eigenvalue weighted by molar-refractivity contribution is 0.262. The van der Waals surface area contributed by atoms with Crippen molar-refractivity contribution in [1.29, 1.82) is 0 Å². The molecule has 2 atom stereocenters. The van der Waals surface area contributed by atoms with E-state index in [-0.39, 0.29) is 30.0 Å². The molecule has 3 N–H and O–H groups in total. The first-order chi connectivity index (χ1) is 10.2. The monoisotopic (exact) mass is 416 g/mol. The summed E-state index contributed by atoms with van der Waals surface area (Å²) in [6.07, 6.45) is 2.13. The Morgan fingerprint density at radius 3 is 3.00 bits per heavy atom. The van der Waals surface area contributed by atoms with Gasteiger partial charge in [0.25, 0.3) is 0 Å². The van der Waals surface area contributed by atoms with Gasteiger partial charge in [-0.15, -0.1) is 24.0 Å². The Morgan fingerprint density at radius 2 is 2.23 bits per heavy atom. The number of nitrogens with two attached hydrogens (primary N) is 1. The number of ether oxygens (including phenoxy) is 1. The lowest BCUT2D eigenvalue weighted by atomic mass is 10.0. The van der Waals surface area contributed by atoms with E-state index in [1.807, 2.05) is 18.2 Å². The third-order valence-electron chi connectivity index (χ3n) is 4.29. The van der Waals surface area contributed by atoms with Crippen LogP contribution in [0.3, 0.4) is 0 Å². The first kappa shape index (κ1) is 17.3. The van der Waals surface area contributed by atoms with Gasteiger partial charge in [0.2, 0.25) is 0 Å². The van der Waals surface area contributed by atoms with Crippen LogP contribution >= 0.6 is 24.0 Å². The zero-order chi connectivity index (χ0) is 14.7. The molecule has 2 unspecified atom stereocenters. The molecule has 6 heteroatoms. The van der Waals surface area contributed by atoms with E-state index in [1.165, 1.54) is 18.5 Å². The Labute approximate surface area is 149 Å². The fourth-order valence-electron chi connectivity index (χ4n) is 3.12. The smallest absolute Gasteiger partial charge is 0.189 e. The van der Waals surface area contributed by atoms with Crippen molar-refractivity contribution < 1.29 is 4.74 Å². The van der Waals surface area contributed by atoms with Crippen molar-refractivity contribution in [3.63, 3.8) is 0 Å². The number of likely N-dealkylation sites (tertiary alicyclic amines) is 1. The van der Waals surface area contributed by atoms with Crippen LogP contribution in [0.1, 0.15) is 24.4 Å². The molecule has 3 rings (SSSR count). The average Bonchev–Trinajstić information content (AvgIpc) is 2.91. The van der Waals surface area contributed by atoms with Crippen LogP contribution < -0.4 is 15.8 Å². The molecule has 2 heterocycles. The Morgan fingerprint density at radius 1 is 1.41 bits per heavy atom. The van der Waals surface area contributed by atoms with Gasteiger partial charge in [-0.2, -0.15) is 0 Å². The zero-order valence-electron chi connectivity index (χ0n) is 13.0. The van der Waals surface area contributed by atoms with Gasteiger partial charge in [-0.25, -0.2) is 0 Å². The van der Waals surface area contributed by atoms with E-state index >= 15 is 0 Å². The third kappa shape index (κ3) is 4.25. The molecule has 0 radical (unpaired) electrons. The maximum absolute atomic E-state index is 6.06. The predicted molar refractivity (Wildman–Crippen MR) is 99.9 cm³/mol. The number of hydrogen-bond acceptors (Lipinski definition) is 3. The molecule has 1 saturated heterocycles. The van der Waals surface area contributed by atoms with Crippen LogP contribution in [0.2, 0.25) is 0 Å². The summed E-state index contributed by atoms with van der Waals surface area (Å²) in [5.41, 5.74) is 7.23. The molecule has 1 aromatic carbocycles. The van der Waals surface area contributed by atoms with Gasteiger partial charge in [0, 0.05) is 25.1 Å². The second-order valence-corrected chi connectivity index (χ2v) is 6.01. The molecule has 22 heavy (non-hydrogen) atoms. The van der Waals surface area contributed by atoms with Crippen LogP contribution in [0, 0.1) is 5.92 Å². The van der Waals surface area contributed by atoms with Gasteiger partial charge in [-0.05, 0) is 32.0 Å². The summed E-state index contributed by atoms with van der Waals surface area (Å²) in [6, 6.07) is 8.32. The number of guanidine groups is 1. The Kier molecular flexibility index (Phi) is 6.31. The number of para-hydroxylation sites is 1. The lowest BCUT2D eigenvalue weighted by Gasteiger charge is -2.27.